The summed E-state index contributed by atoms with van der Waals surface area (Å²) in [5, 5.41) is 10.9. The summed E-state index contributed by atoms with van der Waals surface area (Å²) in [5.41, 5.74) is -0.0907. The van der Waals surface area contributed by atoms with E-state index in [4.69, 9.17) is 32.5 Å². The van der Waals surface area contributed by atoms with Crippen molar-refractivity contribution in [3.05, 3.63) is 130 Å². The molecule has 0 N–H and O–H groups in total. The quantitative estimate of drug-likeness (QED) is 0.0219. The summed E-state index contributed by atoms with van der Waals surface area (Å²) in [4.78, 5) is 43.8. The number of non-ortho nitro benzene ring substituents is 1. The van der Waals surface area contributed by atoms with Gasteiger partial charge in [0.1, 0.15) is 58.1 Å². The zero-order valence-electron chi connectivity index (χ0n) is 28.5. The monoisotopic (exact) mass is 761 g/mol. The number of nitrogens with zero attached hydrogens (tertiary/aromatic N) is 3. The number of amides is 1. The van der Waals surface area contributed by atoms with Gasteiger partial charge in [0, 0.05) is 24.3 Å². The lowest BCUT2D eigenvalue weighted by atomic mass is 10.1. The minimum absolute atomic E-state index is 0.0496. The number of para-hydroxylation sites is 1. The number of nitro groups is 1. The summed E-state index contributed by atoms with van der Waals surface area (Å²) in [7, 11) is -1.83. The van der Waals surface area contributed by atoms with Crippen molar-refractivity contribution in [2.24, 2.45) is 4.99 Å². The van der Waals surface area contributed by atoms with E-state index in [0.29, 0.717) is 27.9 Å². The Morgan fingerprint density at radius 2 is 1.43 bits per heavy atom. The van der Waals surface area contributed by atoms with Gasteiger partial charge >= 0.3 is 13.8 Å². The van der Waals surface area contributed by atoms with Gasteiger partial charge in [-0.1, -0.05) is 42.1 Å². The van der Waals surface area contributed by atoms with Crippen molar-refractivity contribution in [3.8, 4) is 28.7 Å². The molecule has 1 saturated heterocycles. The molecule has 53 heavy (non-hydrogen) atoms. The highest BCUT2D eigenvalue weighted by atomic mass is 32.2. The number of β-lactam (4-membered cyclic amide) rings is 1. The predicted octanol–water partition coefficient (Wildman–Crippen LogP) is 6.93. The molecule has 2 aliphatic rings. The molecule has 2 atom stereocenters. The molecular formula is C36H32N3O12PS. The number of thioether (sulfide) groups is 1. The maximum Gasteiger partial charge on any atom is 0.646 e. The second kappa shape index (κ2) is 16.1. The second-order valence-corrected chi connectivity index (χ2v) is 13.9. The van der Waals surface area contributed by atoms with Crippen LogP contribution < -0.4 is 23.3 Å². The molecule has 0 bridgehead atoms. The van der Waals surface area contributed by atoms with Gasteiger partial charge in [0.25, 0.3) is 11.6 Å². The molecule has 1 amide bonds. The van der Waals surface area contributed by atoms with E-state index in [2.05, 4.69) is 4.99 Å². The van der Waals surface area contributed by atoms with E-state index in [1.54, 1.807) is 36.4 Å². The van der Waals surface area contributed by atoms with Gasteiger partial charge < -0.3 is 32.5 Å². The highest BCUT2D eigenvalue weighted by Crippen LogP contribution is 2.53. The Labute approximate surface area is 307 Å². The molecule has 2 unspecified atom stereocenters. The van der Waals surface area contributed by atoms with Crippen LogP contribution in [0.25, 0.3) is 0 Å². The molecule has 0 spiro atoms. The summed E-state index contributed by atoms with van der Waals surface area (Å²) in [6.45, 7) is 1.08. The molecule has 2 heterocycles. The zero-order chi connectivity index (χ0) is 37.5. The Morgan fingerprint density at radius 1 is 0.849 bits per heavy atom. The number of hydrogen-bond acceptors (Lipinski definition) is 14. The Balaban J connectivity index is 1.31. The van der Waals surface area contributed by atoms with Crippen molar-refractivity contribution in [1.29, 1.82) is 0 Å². The van der Waals surface area contributed by atoms with E-state index in [0.717, 1.165) is 4.90 Å². The average molecular weight is 762 g/mol. The highest BCUT2D eigenvalue weighted by molar-refractivity contribution is 8.15. The van der Waals surface area contributed by atoms with Crippen LogP contribution in [0.2, 0.25) is 0 Å². The SMILES string of the molecule is COc1cccc(OP(=O)(OC(C)=C(C(=O)OCc2ccc([N+](=O)[O-])cc2)N2C(=O)C3N=C(COc4ccccc4)SC32)Oc2cccc(OC)c2)c1. The number of benzene rings is 4. The molecule has 0 radical (unpaired) electrons. The van der Waals surface area contributed by atoms with Crippen LogP contribution in [0.5, 0.6) is 28.7 Å². The Morgan fingerprint density at radius 3 is 2.02 bits per heavy atom. The number of phosphoric ester groups is 1. The number of hydrogen-bond donors (Lipinski definition) is 0. The number of nitro benzene ring substituents is 1. The number of fused-ring (bicyclic) bond motifs is 1. The van der Waals surface area contributed by atoms with Gasteiger partial charge in [-0.25, -0.2) is 4.79 Å². The number of aliphatic imine (C=N–C) groups is 1. The van der Waals surface area contributed by atoms with Crippen LogP contribution in [-0.2, 0) is 30.0 Å². The highest BCUT2D eigenvalue weighted by Gasteiger charge is 2.56. The summed E-state index contributed by atoms with van der Waals surface area (Å²) < 4.78 is 54.0. The standard InChI is InChI=1S/C36H32N3O12PS/c1-23(49-52(44,50-29-13-7-11-27(19-29)45-2)51-30-14-8-12-28(20-30)46-3)33(36(41)48-21-24-15-17-25(18-16-24)39(42)43)38-34(40)32-35(38)53-31(37-32)22-47-26-9-5-4-6-10-26/h4-20,32,35H,21-22H2,1-3H3. The lowest BCUT2D eigenvalue weighted by Gasteiger charge is -2.41. The Kier molecular flexibility index (Phi) is 11.2. The molecule has 1 fully saturated rings. The molecule has 15 nitrogen and oxygen atoms in total. The maximum atomic E-state index is 14.5. The van der Waals surface area contributed by atoms with Gasteiger partial charge in [-0.3, -0.25) is 24.8 Å². The van der Waals surface area contributed by atoms with E-state index in [9.17, 15) is 24.3 Å². The van der Waals surface area contributed by atoms with Crippen LogP contribution in [-0.4, -0.2) is 59.0 Å². The lowest BCUT2D eigenvalue weighted by molar-refractivity contribution is -0.384. The summed E-state index contributed by atoms with van der Waals surface area (Å²) >= 11 is 1.21. The first-order valence-corrected chi connectivity index (χ1v) is 18.2. The molecule has 0 aliphatic carbocycles. The zero-order valence-corrected chi connectivity index (χ0v) is 30.2. The summed E-state index contributed by atoms with van der Waals surface area (Å²) in [6.07, 6.45) is 0. The first-order chi connectivity index (χ1) is 25.6. The fraction of sp³-hybridized carbons (Fsp3) is 0.194. The largest absolute Gasteiger partial charge is 0.646 e. The van der Waals surface area contributed by atoms with Gasteiger partial charge in [-0.15, -0.1) is 0 Å². The van der Waals surface area contributed by atoms with Gasteiger partial charge in [-0.05, 0) is 61.0 Å². The van der Waals surface area contributed by atoms with Crippen LogP contribution in [0.4, 0.5) is 5.69 Å². The fourth-order valence-electron chi connectivity index (χ4n) is 5.16. The average Bonchev–Trinajstić information content (AvgIpc) is 3.54. The van der Waals surface area contributed by atoms with Crippen molar-refractivity contribution in [3.63, 3.8) is 0 Å². The number of rotatable bonds is 16. The summed E-state index contributed by atoms with van der Waals surface area (Å²) in [6, 6.07) is 26.1. The number of allylic oxidation sites excluding steroid dienone is 1. The minimum Gasteiger partial charge on any atom is -0.497 e. The third-order valence-electron chi connectivity index (χ3n) is 7.71. The van der Waals surface area contributed by atoms with E-state index in [-0.39, 0.29) is 41.9 Å². The number of ether oxygens (including phenoxy) is 4. The topological polar surface area (TPSA) is 175 Å². The van der Waals surface area contributed by atoms with Gasteiger partial charge in [-0.2, -0.15) is 4.57 Å². The fourth-order valence-corrected chi connectivity index (χ4v) is 7.64. The maximum absolute atomic E-state index is 14.5. The van der Waals surface area contributed by atoms with Crippen molar-refractivity contribution >= 4 is 42.2 Å². The first-order valence-electron chi connectivity index (χ1n) is 15.9. The van der Waals surface area contributed by atoms with E-state index >= 15 is 0 Å². The Hall–Kier alpha value is -5.99. The van der Waals surface area contributed by atoms with Gasteiger partial charge in [0.15, 0.2) is 11.7 Å². The van der Waals surface area contributed by atoms with Crippen molar-refractivity contribution in [2.45, 2.75) is 24.9 Å². The molecular weight excluding hydrogens is 729 g/mol. The van der Waals surface area contributed by atoms with Gasteiger partial charge in [0.05, 0.1) is 19.1 Å². The van der Waals surface area contributed by atoms with E-state index in [1.165, 1.54) is 81.4 Å². The van der Waals surface area contributed by atoms with Crippen LogP contribution >= 0.6 is 19.6 Å². The van der Waals surface area contributed by atoms with Crippen molar-refractivity contribution in [2.75, 3.05) is 20.8 Å². The molecule has 6 rings (SSSR count). The number of likely N-dealkylation sites (tertiary alicyclic amines) is 1. The van der Waals surface area contributed by atoms with E-state index in [1.807, 2.05) is 18.2 Å². The summed E-state index contributed by atoms with van der Waals surface area (Å²) in [5.74, 6) is -0.394. The third kappa shape index (κ3) is 8.73. The number of esters is 1. The molecule has 4 aromatic rings. The van der Waals surface area contributed by atoms with Gasteiger partial charge in [0.2, 0.25) is 0 Å². The Bertz CT molecular complexity index is 2060. The smallest absolute Gasteiger partial charge is 0.497 e. The molecule has 0 saturated carbocycles. The first kappa shape index (κ1) is 36.8. The second-order valence-electron chi connectivity index (χ2n) is 11.3. The minimum atomic E-state index is -4.73. The van der Waals surface area contributed by atoms with Crippen LogP contribution in [0.3, 0.4) is 0 Å². The molecule has 0 aromatic heterocycles. The van der Waals surface area contributed by atoms with Crippen molar-refractivity contribution < 1.29 is 51.6 Å². The molecule has 2 aliphatic heterocycles. The number of methoxy groups -OCH3 is 2. The van der Waals surface area contributed by atoms with Crippen LogP contribution in [0.1, 0.15) is 12.5 Å². The number of carbonyl (C=O) groups excluding carboxylic acids is 2. The molecule has 17 heteroatoms. The normalized spacial score (nSPS) is 16.6. The van der Waals surface area contributed by atoms with Crippen LogP contribution in [0.15, 0.2) is 120 Å². The van der Waals surface area contributed by atoms with E-state index < -0.39 is 36.0 Å². The number of carbonyl (C=O) groups is 2. The van der Waals surface area contributed by atoms with Crippen molar-refractivity contribution in [1.82, 2.24) is 4.90 Å². The lowest BCUT2D eigenvalue weighted by Crippen LogP contribution is -2.61. The third-order valence-corrected chi connectivity index (χ3v) is 10.3. The molecule has 274 valence electrons. The predicted molar refractivity (Wildman–Crippen MR) is 193 cm³/mol. The number of phosphoric acid groups is 1. The van der Waals surface area contributed by atoms with Crippen LogP contribution in [0, 0.1) is 10.1 Å². The molecule has 4 aromatic carbocycles.